The SMILES string of the molecule is FC(F)(F)c1nnc2n1N[C@@H](c1ccc(Br)cc1)S2. The Hall–Kier alpha value is -1.22. The van der Waals surface area contributed by atoms with Crippen molar-refractivity contribution >= 4 is 27.7 Å². The van der Waals surface area contributed by atoms with E-state index in [1.165, 1.54) is 11.8 Å². The Labute approximate surface area is 118 Å². The van der Waals surface area contributed by atoms with Gasteiger partial charge in [-0.05, 0) is 17.7 Å². The van der Waals surface area contributed by atoms with Gasteiger partial charge in [0.1, 0.15) is 5.37 Å². The van der Waals surface area contributed by atoms with Crippen molar-refractivity contribution in [2.45, 2.75) is 16.7 Å². The van der Waals surface area contributed by atoms with Crippen molar-refractivity contribution in [2.75, 3.05) is 5.43 Å². The number of benzene rings is 1. The lowest BCUT2D eigenvalue weighted by Crippen LogP contribution is -2.21. The van der Waals surface area contributed by atoms with Gasteiger partial charge in [0.15, 0.2) is 0 Å². The molecule has 1 atom stereocenters. The van der Waals surface area contributed by atoms with Gasteiger partial charge in [-0.3, -0.25) is 0 Å². The first-order valence-corrected chi connectivity index (χ1v) is 6.84. The molecule has 100 valence electrons. The van der Waals surface area contributed by atoms with Crippen molar-refractivity contribution in [1.82, 2.24) is 14.9 Å². The predicted molar refractivity (Wildman–Crippen MR) is 67.1 cm³/mol. The molecule has 3 rings (SSSR count). The molecule has 0 unspecified atom stereocenters. The normalized spacial score (nSPS) is 18.2. The molecule has 0 spiro atoms. The Morgan fingerprint density at radius 3 is 2.53 bits per heavy atom. The summed E-state index contributed by atoms with van der Waals surface area (Å²) >= 11 is 4.50. The molecule has 4 nitrogen and oxygen atoms in total. The van der Waals surface area contributed by atoms with Gasteiger partial charge in [0.05, 0.1) is 0 Å². The van der Waals surface area contributed by atoms with Crippen molar-refractivity contribution in [3.63, 3.8) is 0 Å². The summed E-state index contributed by atoms with van der Waals surface area (Å²) in [6, 6.07) is 7.34. The Morgan fingerprint density at radius 2 is 1.89 bits per heavy atom. The van der Waals surface area contributed by atoms with Gasteiger partial charge in [-0.1, -0.05) is 39.8 Å². The fraction of sp³-hybridized carbons (Fsp3) is 0.200. The van der Waals surface area contributed by atoms with Crippen LogP contribution in [0.1, 0.15) is 16.8 Å². The second-order valence-electron chi connectivity index (χ2n) is 3.82. The summed E-state index contributed by atoms with van der Waals surface area (Å²) in [7, 11) is 0. The minimum atomic E-state index is -4.52. The van der Waals surface area contributed by atoms with Crippen molar-refractivity contribution < 1.29 is 13.2 Å². The van der Waals surface area contributed by atoms with E-state index in [4.69, 9.17) is 0 Å². The molecule has 2 heterocycles. The summed E-state index contributed by atoms with van der Waals surface area (Å²) in [6.07, 6.45) is -4.52. The van der Waals surface area contributed by atoms with Gasteiger partial charge < -0.3 is 5.43 Å². The van der Waals surface area contributed by atoms with Crippen LogP contribution in [0, 0.1) is 0 Å². The van der Waals surface area contributed by atoms with Crippen LogP contribution < -0.4 is 5.43 Å². The summed E-state index contributed by atoms with van der Waals surface area (Å²) in [5.74, 6) is -1.03. The van der Waals surface area contributed by atoms with Gasteiger partial charge in [-0.15, -0.1) is 10.2 Å². The van der Waals surface area contributed by atoms with E-state index < -0.39 is 12.0 Å². The standard InChI is InChI=1S/C10H6BrF3N4S/c11-6-3-1-5(2-4-6)7-17-18-8(10(12,13)14)15-16-9(18)19-7/h1-4,7,17H/t7-/m1/s1. The molecule has 19 heavy (non-hydrogen) atoms. The molecule has 2 aromatic rings. The highest BCUT2D eigenvalue weighted by Crippen LogP contribution is 2.41. The molecule has 0 saturated heterocycles. The smallest absolute Gasteiger partial charge is 0.304 e. The average Bonchev–Trinajstić information content (AvgIpc) is 2.87. The van der Waals surface area contributed by atoms with Crippen LogP contribution in [0.4, 0.5) is 13.2 Å². The van der Waals surface area contributed by atoms with E-state index in [1.54, 1.807) is 0 Å². The third kappa shape index (κ3) is 2.32. The molecule has 0 radical (unpaired) electrons. The van der Waals surface area contributed by atoms with E-state index >= 15 is 0 Å². The maximum Gasteiger partial charge on any atom is 0.453 e. The number of nitrogens with one attached hydrogen (secondary N) is 1. The summed E-state index contributed by atoms with van der Waals surface area (Å²) in [5.41, 5.74) is 3.61. The summed E-state index contributed by atoms with van der Waals surface area (Å²) in [5, 5.41) is 6.59. The molecule has 1 aromatic heterocycles. The molecule has 0 amide bonds. The molecule has 1 N–H and O–H groups in total. The number of thioether (sulfide) groups is 1. The molecule has 0 bridgehead atoms. The Bertz CT molecular complexity index is 610. The van der Waals surface area contributed by atoms with Gasteiger partial charge in [-0.2, -0.15) is 13.2 Å². The number of hydrogen-bond donors (Lipinski definition) is 1. The van der Waals surface area contributed by atoms with Gasteiger partial charge >= 0.3 is 6.18 Å². The maximum atomic E-state index is 12.7. The van der Waals surface area contributed by atoms with E-state index in [9.17, 15) is 13.2 Å². The van der Waals surface area contributed by atoms with Crippen LogP contribution >= 0.6 is 27.7 Å². The van der Waals surface area contributed by atoms with Crippen LogP contribution in [-0.2, 0) is 6.18 Å². The number of halogens is 4. The van der Waals surface area contributed by atoms with Crippen molar-refractivity contribution in [2.24, 2.45) is 0 Å². The molecule has 1 aliphatic heterocycles. The Kier molecular flexibility index (Phi) is 2.97. The summed E-state index contributed by atoms with van der Waals surface area (Å²) in [6.45, 7) is 0. The highest BCUT2D eigenvalue weighted by atomic mass is 79.9. The van der Waals surface area contributed by atoms with E-state index in [1.807, 2.05) is 24.3 Å². The van der Waals surface area contributed by atoms with E-state index in [0.717, 1.165) is 14.7 Å². The predicted octanol–water partition coefficient (Wildman–Crippen LogP) is 3.41. The van der Waals surface area contributed by atoms with E-state index in [-0.39, 0.29) is 10.5 Å². The first-order chi connectivity index (χ1) is 8.95. The molecule has 0 fully saturated rings. The second-order valence-corrected chi connectivity index (χ2v) is 5.81. The Morgan fingerprint density at radius 1 is 1.21 bits per heavy atom. The zero-order valence-corrected chi connectivity index (χ0v) is 11.6. The van der Waals surface area contributed by atoms with Crippen molar-refractivity contribution in [3.8, 4) is 0 Å². The van der Waals surface area contributed by atoms with Crippen LogP contribution in [0.25, 0.3) is 0 Å². The number of alkyl halides is 3. The molecule has 1 aliphatic rings. The van der Waals surface area contributed by atoms with E-state index in [0.29, 0.717) is 0 Å². The average molecular weight is 351 g/mol. The third-order valence-corrected chi connectivity index (χ3v) is 4.15. The van der Waals surface area contributed by atoms with Crippen LogP contribution in [-0.4, -0.2) is 14.9 Å². The zero-order valence-electron chi connectivity index (χ0n) is 9.15. The van der Waals surface area contributed by atoms with Gasteiger partial charge in [-0.25, -0.2) is 4.68 Å². The van der Waals surface area contributed by atoms with Gasteiger partial charge in [0.2, 0.25) is 5.16 Å². The minimum absolute atomic E-state index is 0.209. The fourth-order valence-electron chi connectivity index (χ4n) is 1.68. The topological polar surface area (TPSA) is 42.7 Å². The van der Waals surface area contributed by atoms with Crippen LogP contribution in [0.3, 0.4) is 0 Å². The first-order valence-electron chi connectivity index (χ1n) is 5.16. The molecular formula is C10H6BrF3N4S. The number of fused-ring (bicyclic) bond motifs is 1. The van der Waals surface area contributed by atoms with Gasteiger partial charge in [0.25, 0.3) is 5.82 Å². The van der Waals surface area contributed by atoms with E-state index in [2.05, 4.69) is 31.6 Å². The molecular weight excluding hydrogens is 345 g/mol. The molecule has 0 saturated carbocycles. The molecule has 9 heteroatoms. The highest BCUT2D eigenvalue weighted by molar-refractivity contribution is 9.10. The number of hydrogen-bond acceptors (Lipinski definition) is 4. The fourth-order valence-corrected chi connectivity index (χ4v) is 2.93. The number of aromatic nitrogens is 3. The monoisotopic (exact) mass is 350 g/mol. The number of nitrogens with zero attached hydrogens (tertiary/aromatic N) is 3. The van der Waals surface area contributed by atoms with Crippen LogP contribution in [0.15, 0.2) is 33.9 Å². The Balaban J connectivity index is 1.89. The van der Waals surface area contributed by atoms with Crippen LogP contribution in [0.5, 0.6) is 0 Å². The third-order valence-electron chi connectivity index (χ3n) is 2.53. The maximum absolute atomic E-state index is 12.7. The highest BCUT2D eigenvalue weighted by Gasteiger charge is 2.41. The zero-order chi connectivity index (χ0) is 13.6. The molecule has 0 aliphatic carbocycles. The summed E-state index contributed by atoms with van der Waals surface area (Å²) in [4.78, 5) is 0. The van der Waals surface area contributed by atoms with Crippen LogP contribution in [0.2, 0.25) is 0 Å². The quantitative estimate of drug-likeness (QED) is 0.855. The lowest BCUT2D eigenvalue weighted by atomic mass is 10.2. The lowest BCUT2D eigenvalue weighted by Gasteiger charge is -2.13. The molecule has 1 aromatic carbocycles. The minimum Gasteiger partial charge on any atom is -0.304 e. The lowest BCUT2D eigenvalue weighted by molar-refractivity contribution is -0.147. The second kappa shape index (κ2) is 4.41. The summed E-state index contributed by atoms with van der Waals surface area (Å²) < 4.78 is 39.8. The first kappa shape index (κ1) is 12.8. The number of rotatable bonds is 1. The van der Waals surface area contributed by atoms with Crippen molar-refractivity contribution in [3.05, 3.63) is 40.1 Å². The van der Waals surface area contributed by atoms with Crippen molar-refractivity contribution in [1.29, 1.82) is 0 Å². The largest absolute Gasteiger partial charge is 0.453 e. The van der Waals surface area contributed by atoms with Gasteiger partial charge in [0, 0.05) is 4.47 Å².